The van der Waals surface area contributed by atoms with Crippen molar-refractivity contribution in [1.29, 1.82) is 0 Å². The van der Waals surface area contributed by atoms with E-state index in [4.69, 9.17) is 4.74 Å². The summed E-state index contributed by atoms with van der Waals surface area (Å²) < 4.78 is 5.61. The summed E-state index contributed by atoms with van der Waals surface area (Å²) in [5.41, 5.74) is 0.0128. The highest BCUT2D eigenvalue weighted by Gasteiger charge is 2.38. The minimum atomic E-state index is -0.173. The largest absolute Gasteiger partial charge is 0.394 e. The fourth-order valence-electron chi connectivity index (χ4n) is 2.23. The van der Waals surface area contributed by atoms with Crippen LogP contribution >= 0.6 is 0 Å². The van der Waals surface area contributed by atoms with E-state index in [0.717, 1.165) is 32.7 Å². The maximum atomic E-state index is 9.45. The van der Waals surface area contributed by atoms with Gasteiger partial charge in [0, 0.05) is 36.7 Å². The minimum Gasteiger partial charge on any atom is -0.394 e. The van der Waals surface area contributed by atoms with E-state index >= 15 is 0 Å². The number of aliphatic hydroxyl groups excluding tert-OH is 1. The number of nitrogens with zero attached hydrogens (tertiary/aromatic N) is 1. The van der Waals surface area contributed by atoms with Crippen LogP contribution in [0, 0.1) is 5.41 Å². The zero-order chi connectivity index (χ0) is 13.8. The standard InChI is InChI=1S/C14H30N2O2/c1-12(2)15-8-14(6-7-18-11-14)9-16(5)13(3,4)10-17/h12,15,17H,6-11H2,1-5H3. The van der Waals surface area contributed by atoms with Crippen molar-refractivity contribution in [3.8, 4) is 0 Å². The second-order valence-electron chi connectivity index (χ2n) is 6.66. The van der Waals surface area contributed by atoms with Crippen LogP contribution in [0.3, 0.4) is 0 Å². The molecular weight excluding hydrogens is 228 g/mol. The quantitative estimate of drug-likeness (QED) is 0.717. The average Bonchev–Trinajstić information content (AvgIpc) is 2.75. The van der Waals surface area contributed by atoms with Crippen LogP contribution in [0.1, 0.15) is 34.1 Å². The summed E-state index contributed by atoms with van der Waals surface area (Å²) in [5.74, 6) is 0. The SMILES string of the molecule is CC(C)NCC1(CN(C)C(C)(C)CO)CCOC1. The lowest BCUT2D eigenvalue weighted by molar-refractivity contribution is 0.0339. The van der Waals surface area contributed by atoms with E-state index in [1.807, 2.05) is 0 Å². The Morgan fingerprint density at radius 1 is 1.44 bits per heavy atom. The van der Waals surface area contributed by atoms with Gasteiger partial charge in [0.1, 0.15) is 0 Å². The lowest BCUT2D eigenvalue weighted by atomic mass is 9.85. The Labute approximate surface area is 112 Å². The van der Waals surface area contributed by atoms with Crippen LogP contribution in [0.5, 0.6) is 0 Å². The van der Waals surface area contributed by atoms with Crippen molar-refractivity contribution in [2.24, 2.45) is 5.41 Å². The first kappa shape index (κ1) is 15.9. The number of hydrogen-bond acceptors (Lipinski definition) is 4. The van der Waals surface area contributed by atoms with Gasteiger partial charge in [-0.05, 0) is 27.3 Å². The monoisotopic (exact) mass is 258 g/mol. The molecule has 0 aromatic heterocycles. The Kier molecular flexibility index (Phi) is 5.59. The minimum absolute atomic E-state index is 0.173. The van der Waals surface area contributed by atoms with Gasteiger partial charge in [-0.25, -0.2) is 0 Å². The van der Waals surface area contributed by atoms with Crippen molar-refractivity contribution >= 4 is 0 Å². The van der Waals surface area contributed by atoms with Crippen molar-refractivity contribution in [1.82, 2.24) is 10.2 Å². The van der Waals surface area contributed by atoms with Crippen LogP contribution in [0.25, 0.3) is 0 Å². The number of aliphatic hydroxyl groups is 1. The molecule has 0 radical (unpaired) electrons. The average molecular weight is 258 g/mol. The fourth-order valence-corrected chi connectivity index (χ4v) is 2.23. The van der Waals surface area contributed by atoms with E-state index in [0.29, 0.717) is 6.04 Å². The molecule has 1 fully saturated rings. The molecule has 1 atom stereocenters. The van der Waals surface area contributed by atoms with E-state index in [9.17, 15) is 5.11 Å². The highest BCUT2D eigenvalue weighted by Crippen LogP contribution is 2.31. The molecule has 1 unspecified atom stereocenters. The van der Waals surface area contributed by atoms with Crippen LogP contribution in [0.15, 0.2) is 0 Å². The van der Waals surface area contributed by atoms with Crippen molar-refractivity contribution < 1.29 is 9.84 Å². The number of hydrogen-bond donors (Lipinski definition) is 2. The molecule has 1 heterocycles. The molecule has 1 saturated heterocycles. The Morgan fingerprint density at radius 2 is 2.11 bits per heavy atom. The molecule has 0 aliphatic carbocycles. The Hall–Kier alpha value is -0.160. The normalized spacial score (nSPS) is 25.3. The van der Waals surface area contributed by atoms with Crippen LogP contribution < -0.4 is 5.32 Å². The molecule has 18 heavy (non-hydrogen) atoms. The van der Waals surface area contributed by atoms with Gasteiger partial charge in [0.05, 0.1) is 13.2 Å². The Morgan fingerprint density at radius 3 is 2.56 bits per heavy atom. The zero-order valence-electron chi connectivity index (χ0n) is 12.6. The molecule has 0 bridgehead atoms. The fraction of sp³-hybridized carbons (Fsp3) is 1.00. The number of rotatable bonds is 7. The summed E-state index contributed by atoms with van der Waals surface area (Å²) in [6.07, 6.45) is 1.10. The summed E-state index contributed by atoms with van der Waals surface area (Å²) >= 11 is 0. The Balaban J connectivity index is 2.62. The first-order valence-corrected chi connectivity index (χ1v) is 6.95. The van der Waals surface area contributed by atoms with Crippen molar-refractivity contribution in [3.05, 3.63) is 0 Å². The van der Waals surface area contributed by atoms with Gasteiger partial charge in [-0.2, -0.15) is 0 Å². The Bertz CT molecular complexity index is 248. The summed E-state index contributed by atoms with van der Waals surface area (Å²) in [6, 6.07) is 0.499. The van der Waals surface area contributed by atoms with Gasteiger partial charge < -0.3 is 15.2 Å². The molecule has 0 saturated carbocycles. The summed E-state index contributed by atoms with van der Waals surface area (Å²) in [7, 11) is 2.09. The molecule has 1 aliphatic rings. The van der Waals surface area contributed by atoms with Crippen LogP contribution in [-0.2, 0) is 4.74 Å². The lowest BCUT2D eigenvalue weighted by Gasteiger charge is -2.40. The molecule has 1 aliphatic heterocycles. The molecule has 0 spiro atoms. The third-order valence-corrected chi connectivity index (χ3v) is 4.06. The first-order valence-electron chi connectivity index (χ1n) is 6.95. The van der Waals surface area contributed by atoms with Crippen molar-refractivity contribution in [3.63, 3.8) is 0 Å². The molecule has 108 valence electrons. The second-order valence-corrected chi connectivity index (χ2v) is 6.66. The van der Waals surface area contributed by atoms with Gasteiger partial charge in [0.2, 0.25) is 0 Å². The van der Waals surface area contributed by atoms with Gasteiger partial charge in [0.25, 0.3) is 0 Å². The van der Waals surface area contributed by atoms with Crippen molar-refractivity contribution in [2.45, 2.75) is 45.7 Å². The lowest BCUT2D eigenvalue weighted by Crippen LogP contribution is -2.52. The molecule has 4 heteroatoms. The third kappa shape index (κ3) is 4.19. The van der Waals surface area contributed by atoms with E-state index in [2.05, 4.69) is 45.0 Å². The summed E-state index contributed by atoms with van der Waals surface area (Å²) in [4.78, 5) is 2.25. The highest BCUT2D eigenvalue weighted by atomic mass is 16.5. The highest BCUT2D eigenvalue weighted by molar-refractivity contribution is 4.91. The van der Waals surface area contributed by atoms with Gasteiger partial charge in [-0.3, -0.25) is 4.90 Å². The zero-order valence-corrected chi connectivity index (χ0v) is 12.6. The van der Waals surface area contributed by atoms with Crippen molar-refractivity contribution in [2.75, 3.05) is 40.0 Å². The molecule has 1 rings (SSSR count). The van der Waals surface area contributed by atoms with E-state index in [1.54, 1.807) is 0 Å². The third-order valence-electron chi connectivity index (χ3n) is 4.06. The van der Waals surface area contributed by atoms with Gasteiger partial charge in [-0.15, -0.1) is 0 Å². The van der Waals surface area contributed by atoms with E-state index in [1.165, 1.54) is 0 Å². The van der Waals surface area contributed by atoms with E-state index in [-0.39, 0.29) is 17.6 Å². The number of likely N-dealkylation sites (N-methyl/N-ethyl adjacent to an activating group) is 1. The molecular formula is C14H30N2O2. The van der Waals surface area contributed by atoms with Gasteiger partial charge in [-0.1, -0.05) is 13.8 Å². The molecule has 4 nitrogen and oxygen atoms in total. The topological polar surface area (TPSA) is 44.7 Å². The number of nitrogens with one attached hydrogen (secondary N) is 1. The molecule has 2 N–H and O–H groups in total. The van der Waals surface area contributed by atoms with Crippen LogP contribution in [-0.4, -0.2) is 61.5 Å². The summed E-state index contributed by atoms with van der Waals surface area (Å²) in [5, 5.41) is 13.0. The predicted octanol–water partition coefficient (Wildman–Crippen LogP) is 1.09. The molecule has 0 aromatic carbocycles. The summed E-state index contributed by atoms with van der Waals surface area (Å²) in [6.45, 7) is 12.3. The van der Waals surface area contributed by atoms with E-state index < -0.39 is 0 Å². The number of ether oxygens (including phenoxy) is 1. The van der Waals surface area contributed by atoms with Crippen LogP contribution in [0.4, 0.5) is 0 Å². The predicted molar refractivity (Wildman–Crippen MR) is 74.8 cm³/mol. The van der Waals surface area contributed by atoms with Gasteiger partial charge >= 0.3 is 0 Å². The maximum Gasteiger partial charge on any atom is 0.0609 e. The first-order chi connectivity index (χ1) is 8.31. The second kappa shape index (κ2) is 6.33. The maximum absolute atomic E-state index is 9.45. The molecule has 0 aromatic rings. The smallest absolute Gasteiger partial charge is 0.0609 e. The van der Waals surface area contributed by atoms with Gasteiger partial charge in [0.15, 0.2) is 0 Å². The molecule has 0 amide bonds. The van der Waals surface area contributed by atoms with Crippen LogP contribution in [0.2, 0.25) is 0 Å².